The quantitative estimate of drug-likeness (QED) is 0.222. The lowest BCUT2D eigenvalue weighted by Crippen LogP contribution is -2.56. The first-order chi connectivity index (χ1) is 21.0. The molecule has 4 rings (SSSR count). The third-order valence-electron chi connectivity index (χ3n) is 8.16. The fourth-order valence-corrected chi connectivity index (χ4v) is 6.17. The first-order valence-electron chi connectivity index (χ1n) is 15.5. The number of anilines is 2. The van der Waals surface area contributed by atoms with Gasteiger partial charge < -0.3 is 25.2 Å². The maximum atomic E-state index is 14.2. The summed E-state index contributed by atoms with van der Waals surface area (Å²) in [5.74, 6) is -3.88. The zero-order valence-corrected chi connectivity index (χ0v) is 26.5. The molecule has 0 heterocycles. The van der Waals surface area contributed by atoms with Crippen LogP contribution in [-0.4, -0.2) is 41.0 Å². The second kappa shape index (κ2) is 14.1. The normalized spacial score (nSPS) is 21.5. The molecule has 44 heavy (non-hydrogen) atoms. The van der Waals surface area contributed by atoms with Crippen molar-refractivity contribution in [3.8, 4) is 11.5 Å². The highest BCUT2D eigenvalue weighted by molar-refractivity contribution is 6.10. The van der Waals surface area contributed by atoms with Crippen LogP contribution in [0.1, 0.15) is 70.6 Å². The summed E-state index contributed by atoms with van der Waals surface area (Å²) in [6.45, 7) is 11.5. The topological polar surface area (TPSA) is 114 Å². The summed E-state index contributed by atoms with van der Waals surface area (Å²) >= 11 is 0. The molecule has 234 valence electrons. The molecular formula is C36H44N2O6. The van der Waals surface area contributed by atoms with E-state index in [1.54, 1.807) is 24.3 Å². The molecular weight excluding hydrogens is 556 g/mol. The van der Waals surface area contributed by atoms with Gasteiger partial charge in [0.25, 0.3) is 0 Å². The third-order valence-corrected chi connectivity index (χ3v) is 8.16. The van der Waals surface area contributed by atoms with Gasteiger partial charge in [-0.25, -0.2) is 0 Å². The van der Waals surface area contributed by atoms with E-state index in [0.29, 0.717) is 47.9 Å². The average Bonchev–Trinajstić information content (AvgIpc) is 2.97. The van der Waals surface area contributed by atoms with Crippen LogP contribution in [-0.2, 0) is 27.2 Å². The van der Waals surface area contributed by atoms with Gasteiger partial charge in [0, 0.05) is 23.7 Å². The van der Waals surface area contributed by atoms with Gasteiger partial charge in [-0.05, 0) is 81.5 Å². The van der Waals surface area contributed by atoms with Gasteiger partial charge in [0.15, 0.2) is 11.5 Å². The lowest BCUT2D eigenvalue weighted by molar-refractivity contribution is -0.150. The van der Waals surface area contributed by atoms with Crippen molar-refractivity contribution in [2.24, 2.45) is 11.8 Å². The summed E-state index contributed by atoms with van der Waals surface area (Å²) in [5, 5.41) is 17.7. The fraction of sp³-hybridized carbons (Fsp3) is 0.417. The highest BCUT2D eigenvalue weighted by atomic mass is 16.5. The Morgan fingerprint density at radius 1 is 0.886 bits per heavy atom. The number of nitrogens with one attached hydrogen (secondary N) is 2. The Morgan fingerprint density at radius 3 is 2.00 bits per heavy atom. The SMILES string of the molecule is CCOc1cc(C2C(C(=O)Nc3ccccc3CC)C(=O)CC(C)(O)C2C(=O)Nc2ccccc2CC)ccc1OC(C)C. The van der Waals surface area contributed by atoms with Crippen molar-refractivity contribution in [3.05, 3.63) is 83.4 Å². The lowest BCUT2D eigenvalue weighted by Gasteiger charge is -2.44. The Bertz CT molecular complexity index is 1500. The summed E-state index contributed by atoms with van der Waals surface area (Å²) in [5.41, 5.74) is 1.88. The van der Waals surface area contributed by atoms with E-state index in [0.717, 1.165) is 11.1 Å². The lowest BCUT2D eigenvalue weighted by atomic mass is 9.61. The number of ketones is 1. The van der Waals surface area contributed by atoms with Crippen LogP contribution in [0.2, 0.25) is 0 Å². The number of carbonyl (C=O) groups excluding carboxylic acids is 3. The monoisotopic (exact) mass is 600 g/mol. The van der Waals surface area contributed by atoms with Crippen molar-refractivity contribution in [2.75, 3.05) is 17.2 Å². The van der Waals surface area contributed by atoms with E-state index in [4.69, 9.17) is 9.47 Å². The molecule has 0 bridgehead atoms. The zero-order valence-electron chi connectivity index (χ0n) is 26.5. The molecule has 0 saturated heterocycles. The largest absolute Gasteiger partial charge is 0.490 e. The molecule has 0 spiro atoms. The van der Waals surface area contributed by atoms with Gasteiger partial charge in [-0.3, -0.25) is 14.4 Å². The van der Waals surface area contributed by atoms with E-state index in [1.165, 1.54) is 6.92 Å². The Balaban J connectivity index is 1.86. The van der Waals surface area contributed by atoms with E-state index in [1.807, 2.05) is 77.1 Å². The molecule has 3 aromatic rings. The molecule has 0 radical (unpaired) electrons. The minimum atomic E-state index is -1.73. The van der Waals surface area contributed by atoms with E-state index < -0.39 is 41.0 Å². The van der Waals surface area contributed by atoms with Gasteiger partial charge >= 0.3 is 0 Å². The highest BCUT2D eigenvalue weighted by Gasteiger charge is 2.56. The van der Waals surface area contributed by atoms with Crippen molar-refractivity contribution in [1.82, 2.24) is 0 Å². The maximum Gasteiger partial charge on any atom is 0.235 e. The van der Waals surface area contributed by atoms with Crippen LogP contribution >= 0.6 is 0 Å². The van der Waals surface area contributed by atoms with Crippen molar-refractivity contribution < 1.29 is 29.0 Å². The molecule has 8 heteroatoms. The highest BCUT2D eigenvalue weighted by Crippen LogP contribution is 2.48. The number of rotatable bonds is 11. The van der Waals surface area contributed by atoms with E-state index in [9.17, 15) is 19.5 Å². The van der Waals surface area contributed by atoms with Crippen LogP contribution in [0.5, 0.6) is 11.5 Å². The Kier molecular flexibility index (Phi) is 10.5. The predicted molar refractivity (Wildman–Crippen MR) is 172 cm³/mol. The van der Waals surface area contributed by atoms with Crippen molar-refractivity contribution in [1.29, 1.82) is 0 Å². The first-order valence-corrected chi connectivity index (χ1v) is 15.5. The van der Waals surface area contributed by atoms with Gasteiger partial charge in [0.05, 0.1) is 24.2 Å². The van der Waals surface area contributed by atoms with Crippen molar-refractivity contribution in [2.45, 2.75) is 78.4 Å². The fourth-order valence-electron chi connectivity index (χ4n) is 6.17. The summed E-state index contributed by atoms with van der Waals surface area (Å²) in [4.78, 5) is 42.1. The summed E-state index contributed by atoms with van der Waals surface area (Å²) < 4.78 is 11.9. The predicted octanol–water partition coefficient (Wildman–Crippen LogP) is 6.31. The molecule has 0 aromatic heterocycles. The average molecular weight is 601 g/mol. The molecule has 1 fully saturated rings. The van der Waals surface area contributed by atoms with E-state index in [2.05, 4.69) is 10.6 Å². The smallest absolute Gasteiger partial charge is 0.235 e. The molecule has 8 nitrogen and oxygen atoms in total. The van der Waals surface area contributed by atoms with E-state index in [-0.39, 0.29) is 12.5 Å². The summed E-state index contributed by atoms with van der Waals surface area (Å²) in [7, 11) is 0. The number of carbonyl (C=O) groups is 3. The number of aliphatic hydroxyl groups is 1. The van der Waals surface area contributed by atoms with Crippen molar-refractivity contribution >= 4 is 29.0 Å². The Hall–Kier alpha value is -4.17. The molecule has 3 N–H and O–H groups in total. The van der Waals surface area contributed by atoms with Crippen LogP contribution in [0, 0.1) is 11.8 Å². The number of para-hydroxylation sites is 2. The Morgan fingerprint density at radius 2 is 1.45 bits per heavy atom. The van der Waals surface area contributed by atoms with Gasteiger partial charge in [0.1, 0.15) is 11.7 Å². The number of ether oxygens (including phenoxy) is 2. The third kappa shape index (κ3) is 7.13. The molecule has 3 aromatic carbocycles. The number of amides is 2. The van der Waals surface area contributed by atoms with Gasteiger partial charge in [0.2, 0.25) is 11.8 Å². The van der Waals surface area contributed by atoms with Crippen molar-refractivity contribution in [3.63, 3.8) is 0 Å². The molecule has 1 aliphatic carbocycles. The van der Waals surface area contributed by atoms with Gasteiger partial charge in [-0.1, -0.05) is 56.3 Å². The van der Waals surface area contributed by atoms with Crippen LogP contribution in [0.25, 0.3) is 0 Å². The van der Waals surface area contributed by atoms with Crippen LogP contribution < -0.4 is 20.1 Å². The second-order valence-electron chi connectivity index (χ2n) is 11.8. The Labute approximate surface area is 260 Å². The maximum absolute atomic E-state index is 14.2. The van der Waals surface area contributed by atoms with Gasteiger partial charge in [-0.2, -0.15) is 0 Å². The number of hydrogen-bond donors (Lipinski definition) is 3. The standard InChI is InChI=1S/C36H44N2O6/c1-7-23-14-10-12-16-26(23)37-34(40)32-28(39)21-36(6,42)33(35(41)38-27-17-13-11-15-24(27)8-2)31(32)25-18-19-29(44-22(4)5)30(20-25)43-9-3/h10-20,22,31-33,42H,7-9,21H2,1-6H3,(H,37,40)(H,38,41). The second-order valence-corrected chi connectivity index (χ2v) is 11.8. The summed E-state index contributed by atoms with van der Waals surface area (Å²) in [6.07, 6.45) is 0.907. The minimum Gasteiger partial charge on any atom is -0.490 e. The molecule has 4 atom stereocenters. The van der Waals surface area contributed by atoms with Gasteiger partial charge in [-0.15, -0.1) is 0 Å². The summed E-state index contributed by atoms with van der Waals surface area (Å²) in [6, 6.07) is 20.1. The number of benzene rings is 3. The number of hydrogen-bond acceptors (Lipinski definition) is 6. The van der Waals surface area contributed by atoms with Crippen LogP contribution in [0.15, 0.2) is 66.7 Å². The zero-order chi connectivity index (χ0) is 32.0. The molecule has 1 saturated carbocycles. The first kappa shape index (κ1) is 32.7. The van der Waals surface area contributed by atoms with E-state index >= 15 is 0 Å². The molecule has 0 aliphatic heterocycles. The molecule has 2 amide bonds. The molecule has 1 aliphatic rings. The number of aryl methyl sites for hydroxylation is 2. The number of Topliss-reactive ketones (excluding diaryl/α,β-unsaturated/α-hetero) is 1. The minimum absolute atomic E-state index is 0.119. The molecule has 4 unspecified atom stereocenters. The van der Waals surface area contributed by atoms with Crippen LogP contribution in [0.4, 0.5) is 11.4 Å². The van der Waals surface area contributed by atoms with Crippen LogP contribution in [0.3, 0.4) is 0 Å².